The highest BCUT2D eigenvalue weighted by Gasteiger charge is 2.19. The van der Waals surface area contributed by atoms with E-state index in [1.54, 1.807) is 6.20 Å². The lowest BCUT2D eigenvalue weighted by atomic mass is 10.2. The van der Waals surface area contributed by atoms with Gasteiger partial charge in [-0.05, 0) is 18.1 Å². The van der Waals surface area contributed by atoms with E-state index in [1.165, 1.54) is 23.5 Å². The zero-order valence-electron chi connectivity index (χ0n) is 12.3. The number of hydrogen-bond donors (Lipinski definition) is 1. The number of amides is 1. The van der Waals surface area contributed by atoms with Gasteiger partial charge in [-0.1, -0.05) is 19.9 Å². The minimum Gasteiger partial charge on any atom is -0.423 e. The van der Waals surface area contributed by atoms with Crippen molar-refractivity contribution in [3.63, 3.8) is 0 Å². The van der Waals surface area contributed by atoms with Crippen molar-refractivity contribution in [3.8, 4) is 5.75 Å². The van der Waals surface area contributed by atoms with Crippen molar-refractivity contribution in [1.29, 1.82) is 0 Å². The summed E-state index contributed by atoms with van der Waals surface area (Å²) in [7, 11) is 0. The molecule has 22 heavy (non-hydrogen) atoms. The maximum absolute atomic E-state index is 13.7. The molecule has 0 radical (unpaired) electrons. The van der Waals surface area contributed by atoms with Crippen LogP contribution in [0.15, 0.2) is 24.4 Å². The molecule has 0 fully saturated rings. The van der Waals surface area contributed by atoms with Gasteiger partial charge in [-0.3, -0.25) is 14.9 Å². The van der Waals surface area contributed by atoms with Crippen molar-refractivity contribution in [3.05, 3.63) is 40.7 Å². The number of para-hydroxylation sites is 1. The number of nitrogens with one attached hydrogen (secondary N) is 1. The number of ether oxygens (including phenoxy) is 1. The molecule has 116 valence electrons. The van der Waals surface area contributed by atoms with Crippen molar-refractivity contribution < 1.29 is 18.7 Å². The van der Waals surface area contributed by atoms with Gasteiger partial charge in [-0.15, -0.1) is 11.3 Å². The molecule has 0 spiro atoms. The lowest BCUT2D eigenvalue weighted by Crippen LogP contribution is -2.15. The Balaban J connectivity index is 2.25. The molecule has 2 aromatic rings. The second kappa shape index (κ2) is 6.65. The van der Waals surface area contributed by atoms with Crippen LogP contribution in [-0.4, -0.2) is 16.9 Å². The van der Waals surface area contributed by atoms with Crippen molar-refractivity contribution in [2.24, 2.45) is 0 Å². The number of rotatable bonds is 4. The van der Waals surface area contributed by atoms with E-state index >= 15 is 0 Å². The molecule has 0 saturated heterocycles. The Morgan fingerprint density at radius 3 is 2.68 bits per heavy atom. The number of halogens is 1. The second-order valence-corrected chi connectivity index (χ2v) is 5.95. The largest absolute Gasteiger partial charge is 0.423 e. The normalized spacial score (nSPS) is 10.6. The van der Waals surface area contributed by atoms with Crippen molar-refractivity contribution in [2.45, 2.75) is 26.7 Å². The molecule has 0 aliphatic rings. The average molecular weight is 322 g/mol. The maximum atomic E-state index is 13.7. The number of anilines is 1. The molecule has 0 saturated carbocycles. The van der Waals surface area contributed by atoms with E-state index in [9.17, 15) is 14.0 Å². The summed E-state index contributed by atoms with van der Waals surface area (Å²) in [6.07, 6.45) is 1.68. The first-order valence-electron chi connectivity index (χ1n) is 6.62. The molecule has 0 atom stereocenters. The van der Waals surface area contributed by atoms with Crippen molar-refractivity contribution >= 4 is 28.3 Å². The molecular weight excluding hydrogens is 307 g/mol. The van der Waals surface area contributed by atoms with E-state index in [4.69, 9.17) is 4.74 Å². The SMILES string of the molecule is CC(=O)Oc1c(F)cccc1C(=O)Nc1ncc(C(C)C)s1. The first-order valence-corrected chi connectivity index (χ1v) is 7.44. The number of hydrogen-bond acceptors (Lipinski definition) is 5. The predicted octanol–water partition coefficient (Wildman–Crippen LogP) is 3.58. The second-order valence-electron chi connectivity index (χ2n) is 4.89. The molecule has 0 unspecified atom stereocenters. The van der Waals surface area contributed by atoms with Crippen LogP contribution in [-0.2, 0) is 4.79 Å². The summed E-state index contributed by atoms with van der Waals surface area (Å²) in [5, 5.41) is 2.99. The first kappa shape index (κ1) is 16.1. The van der Waals surface area contributed by atoms with Gasteiger partial charge in [0.1, 0.15) is 0 Å². The van der Waals surface area contributed by atoms with Crippen molar-refractivity contribution in [2.75, 3.05) is 5.32 Å². The van der Waals surface area contributed by atoms with Gasteiger partial charge in [-0.2, -0.15) is 0 Å². The first-order chi connectivity index (χ1) is 10.4. The number of nitrogens with zero attached hydrogens (tertiary/aromatic N) is 1. The van der Waals surface area contributed by atoms with Gasteiger partial charge in [0.2, 0.25) is 0 Å². The quantitative estimate of drug-likeness (QED) is 0.690. The van der Waals surface area contributed by atoms with Crippen LogP contribution in [0.3, 0.4) is 0 Å². The van der Waals surface area contributed by atoms with Crippen LogP contribution in [0.5, 0.6) is 5.75 Å². The van der Waals surface area contributed by atoms with Crippen LogP contribution in [0, 0.1) is 5.82 Å². The minimum absolute atomic E-state index is 0.0588. The summed E-state index contributed by atoms with van der Waals surface area (Å²) in [5.74, 6) is -2.14. The third-order valence-electron chi connectivity index (χ3n) is 2.77. The monoisotopic (exact) mass is 322 g/mol. The summed E-state index contributed by atoms with van der Waals surface area (Å²) < 4.78 is 18.5. The third-order valence-corrected chi connectivity index (χ3v) is 3.98. The number of benzene rings is 1. The fourth-order valence-corrected chi connectivity index (χ4v) is 2.52. The molecule has 0 aliphatic heterocycles. The maximum Gasteiger partial charge on any atom is 0.308 e. The molecule has 0 aliphatic carbocycles. The summed E-state index contributed by atoms with van der Waals surface area (Å²) in [4.78, 5) is 28.4. The molecule has 1 amide bonds. The lowest BCUT2D eigenvalue weighted by Gasteiger charge is -2.09. The van der Waals surface area contributed by atoms with Crippen molar-refractivity contribution in [1.82, 2.24) is 4.98 Å². The zero-order chi connectivity index (χ0) is 16.3. The Kier molecular flexibility index (Phi) is 4.87. The Morgan fingerprint density at radius 1 is 1.36 bits per heavy atom. The van der Waals surface area contributed by atoms with Gasteiger partial charge in [0.25, 0.3) is 5.91 Å². The highest BCUT2D eigenvalue weighted by molar-refractivity contribution is 7.15. The Labute approximate surface area is 131 Å². The predicted molar refractivity (Wildman–Crippen MR) is 81.9 cm³/mol. The van der Waals surface area contributed by atoms with Gasteiger partial charge in [0.05, 0.1) is 5.56 Å². The summed E-state index contributed by atoms with van der Waals surface area (Å²) >= 11 is 1.34. The molecular formula is C15H15FN2O3S. The average Bonchev–Trinajstić information content (AvgIpc) is 2.89. The Morgan fingerprint density at radius 2 is 2.09 bits per heavy atom. The van der Waals surface area contributed by atoms with Gasteiger partial charge in [0.15, 0.2) is 16.7 Å². The van der Waals surface area contributed by atoms with Gasteiger partial charge < -0.3 is 4.74 Å². The number of carbonyl (C=O) groups excluding carboxylic acids is 2. The smallest absolute Gasteiger partial charge is 0.308 e. The topological polar surface area (TPSA) is 68.3 Å². The molecule has 1 heterocycles. The zero-order valence-corrected chi connectivity index (χ0v) is 13.2. The van der Waals surface area contributed by atoms with E-state index in [-0.39, 0.29) is 11.3 Å². The van der Waals surface area contributed by atoms with Gasteiger partial charge in [0, 0.05) is 18.0 Å². The fraction of sp³-hybridized carbons (Fsp3) is 0.267. The lowest BCUT2D eigenvalue weighted by molar-refractivity contribution is -0.132. The number of aromatic nitrogens is 1. The molecule has 0 bridgehead atoms. The van der Waals surface area contributed by atoms with Crippen LogP contribution < -0.4 is 10.1 Å². The van der Waals surface area contributed by atoms with Gasteiger partial charge >= 0.3 is 5.97 Å². The van der Waals surface area contributed by atoms with Crippen LogP contribution in [0.2, 0.25) is 0 Å². The standard InChI is InChI=1S/C15H15FN2O3S/c1-8(2)12-7-17-15(22-12)18-14(20)10-5-4-6-11(16)13(10)21-9(3)19/h4-8H,1-3H3,(H,17,18,20). The molecule has 7 heteroatoms. The Bertz CT molecular complexity index is 713. The number of thiazole rings is 1. The molecule has 1 aromatic carbocycles. The van der Waals surface area contributed by atoms with E-state index in [2.05, 4.69) is 10.3 Å². The van der Waals surface area contributed by atoms with Crippen LogP contribution >= 0.6 is 11.3 Å². The van der Waals surface area contributed by atoms with E-state index < -0.39 is 17.7 Å². The number of esters is 1. The van der Waals surface area contributed by atoms with Crippen LogP contribution in [0.1, 0.15) is 41.9 Å². The molecule has 1 aromatic heterocycles. The van der Waals surface area contributed by atoms with Gasteiger partial charge in [-0.25, -0.2) is 9.37 Å². The van der Waals surface area contributed by atoms with E-state index in [0.717, 1.165) is 17.9 Å². The highest BCUT2D eigenvalue weighted by Crippen LogP contribution is 2.27. The fourth-order valence-electron chi connectivity index (χ4n) is 1.71. The van der Waals surface area contributed by atoms with Crippen LogP contribution in [0.4, 0.5) is 9.52 Å². The van der Waals surface area contributed by atoms with E-state index in [1.807, 2.05) is 13.8 Å². The molecule has 2 rings (SSSR count). The number of carbonyl (C=O) groups is 2. The van der Waals surface area contributed by atoms with Crippen LogP contribution in [0.25, 0.3) is 0 Å². The highest BCUT2D eigenvalue weighted by atomic mass is 32.1. The Hall–Kier alpha value is -2.28. The summed E-state index contributed by atoms with van der Waals surface area (Å²) in [6, 6.07) is 3.88. The summed E-state index contributed by atoms with van der Waals surface area (Å²) in [6.45, 7) is 5.18. The van der Waals surface area contributed by atoms with E-state index in [0.29, 0.717) is 11.0 Å². The molecule has 5 nitrogen and oxygen atoms in total. The summed E-state index contributed by atoms with van der Waals surface area (Å²) in [5.41, 5.74) is -0.0588. The molecule has 1 N–H and O–H groups in total. The minimum atomic E-state index is -0.773. The third kappa shape index (κ3) is 3.67.